The number of rotatable bonds is 4. The predicted octanol–water partition coefficient (Wildman–Crippen LogP) is 1.88. The van der Waals surface area contributed by atoms with Gasteiger partial charge < -0.3 is 10.3 Å². The van der Waals surface area contributed by atoms with Gasteiger partial charge in [0.1, 0.15) is 5.82 Å². The van der Waals surface area contributed by atoms with Gasteiger partial charge in [-0.3, -0.25) is 4.79 Å². The number of halogens is 1. The lowest BCUT2D eigenvalue weighted by atomic mass is 10.2. The largest absolute Gasteiger partial charge is 0.347 e. The standard InChI is InChI=1S/C13H12FN3O/c14-11-3-1-2-10(6-11)4-5-13(18)16-8-12-7-15-9-17-12/h1-7,9H,8H2,(H,15,17)(H,16,18). The molecular weight excluding hydrogens is 233 g/mol. The summed E-state index contributed by atoms with van der Waals surface area (Å²) >= 11 is 0. The highest BCUT2D eigenvalue weighted by Gasteiger charge is 1.97. The highest BCUT2D eigenvalue weighted by molar-refractivity contribution is 5.91. The number of hydrogen-bond donors (Lipinski definition) is 2. The number of aromatic amines is 1. The van der Waals surface area contributed by atoms with E-state index in [1.54, 1.807) is 30.7 Å². The fourth-order valence-corrected chi connectivity index (χ4v) is 1.40. The number of hydrogen-bond acceptors (Lipinski definition) is 2. The fourth-order valence-electron chi connectivity index (χ4n) is 1.40. The highest BCUT2D eigenvalue weighted by Crippen LogP contribution is 2.05. The molecule has 2 rings (SSSR count). The Morgan fingerprint density at radius 3 is 3.11 bits per heavy atom. The van der Waals surface area contributed by atoms with Crippen LogP contribution in [0.4, 0.5) is 4.39 Å². The summed E-state index contributed by atoms with van der Waals surface area (Å²) in [4.78, 5) is 18.2. The van der Waals surface area contributed by atoms with Crippen molar-refractivity contribution in [1.29, 1.82) is 0 Å². The Labute approximate surface area is 104 Å². The zero-order valence-electron chi connectivity index (χ0n) is 9.56. The number of benzene rings is 1. The number of carbonyl (C=O) groups is 1. The second kappa shape index (κ2) is 5.77. The Balaban J connectivity index is 1.87. The minimum atomic E-state index is -0.324. The van der Waals surface area contributed by atoms with Gasteiger partial charge in [-0.15, -0.1) is 0 Å². The maximum atomic E-state index is 12.9. The van der Waals surface area contributed by atoms with Crippen molar-refractivity contribution in [3.05, 3.63) is 59.9 Å². The quantitative estimate of drug-likeness (QED) is 0.808. The average molecular weight is 245 g/mol. The van der Waals surface area contributed by atoms with Crippen LogP contribution < -0.4 is 5.32 Å². The summed E-state index contributed by atoms with van der Waals surface area (Å²) in [5.41, 5.74) is 1.47. The number of carbonyl (C=O) groups excluding carboxylic acids is 1. The minimum absolute atomic E-state index is 0.242. The lowest BCUT2D eigenvalue weighted by molar-refractivity contribution is -0.116. The van der Waals surface area contributed by atoms with Crippen molar-refractivity contribution in [3.63, 3.8) is 0 Å². The van der Waals surface area contributed by atoms with Gasteiger partial charge in [-0.2, -0.15) is 0 Å². The van der Waals surface area contributed by atoms with E-state index in [9.17, 15) is 9.18 Å². The average Bonchev–Trinajstić information content (AvgIpc) is 2.87. The predicted molar refractivity (Wildman–Crippen MR) is 65.9 cm³/mol. The monoisotopic (exact) mass is 245 g/mol. The van der Waals surface area contributed by atoms with Gasteiger partial charge in [-0.1, -0.05) is 12.1 Å². The summed E-state index contributed by atoms with van der Waals surface area (Å²) in [5, 5.41) is 2.68. The van der Waals surface area contributed by atoms with Crippen LogP contribution in [0.2, 0.25) is 0 Å². The first-order valence-corrected chi connectivity index (χ1v) is 5.43. The molecule has 2 N–H and O–H groups in total. The Kier molecular flexibility index (Phi) is 3.86. The SMILES string of the molecule is O=C(C=Cc1cccc(F)c1)NCc1cnc[nH]1. The minimum Gasteiger partial charge on any atom is -0.347 e. The lowest BCUT2D eigenvalue weighted by Crippen LogP contribution is -2.20. The Hall–Kier alpha value is -2.43. The first-order valence-electron chi connectivity index (χ1n) is 5.43. The van der Waals surface area contributed by atoms with Gasteiger partial charge in [-0.25, -0.2) is 9.37 Å². The summed E-state index contributed by atoms with van der Waals surface area (Å²) in [7, 11) is 0. The molecule has 1 heterocycles. The third-order valence-corrected chi connectivity index (χ3v) is 2.28. The number of amides is 1. The number of nitrogens with zero attached hydrogens (tertiary/aromatic N) is 1. The molecule has 0 radical (unpaired) electrons. The molecule has 5 heteroatoms. The summed E-state index contributed by atoms with van der Waals surface area (Å²) in [6.07, 6.45) is 6.11. The van der Waals surface area contributed by atoms with Gasteiger partial charge in [0, 0.05) is 12.3 Å². The van der Waals surface area contributed by atoms with E-state index in [0.717, 1.165) is 5.69 Å². The molecule has 92 valence electrons. The number of imidazole rings is 1. The van der Waals surface area contributed by atoms with Crippen LogP contribution in [0, 0.1) is 5.82 Å². The molecule has 2 aromatic rings. The van der Waals surface area contributed by atoms with Crippen molar-refractivity contribution in [3.8, 4) is 0 Å². The molecule has 0 atom stereocenters. The summed E-state index contributed by atoms with van der Waals surface area (Å²) in [6, 6.07) is 6.04. The van der Waals surface area contributed by atoms with Crippen molar-refractivity contribution < 1.29 is 9.18 Å². The topological polar surface area (TPSA) is 57.8 Å². The van der Waals surface area contributed by atoms with Crippen molar-refractivity contribution >= 4 is 12.0 Å². The maximum Gasteiger partial charge on any atom is 0.244 e. The van der Waals surface area contributed by atoms with E-state index < -0.39 is 0 Å². The van der Waals surface area contributed by atoms with Crippen LogP contribution in [-0.2, 0) is 11.3 Å². The molecule has 0 aliphatic heterocycles. The molecule has 0 aliphatic rings. The molecule has 0 unspecified atom stereocenters. The normalized spacial score (nSPS) is 10.7. The molecule has 0 fully saturated rings. The van der Waals surface area contributed by atoms with E-state index >= 15 is 0 Å². The third-order valence-electron chi connectivity index (χ3n) is 2.28. The third kappa shape index (κ3) is 3.55. The first-order chi connectivity index (χ1) is 8.74. The Bertz CT molecular complexity index is 549. The summed E-state index contributed by atoms with van der Waals surface area (Å²) in [6.45, 7) is 0.381. The van der Waals surface area contributed by atoms with E-state index in [1.807, 2.05) is 0 Å². The van der Waals surface area contributed by atoms with Crippen LogP contribution in [-0.4, -0.2) is 15.9 Å². The molecule has 0 aliphatic carbocycles. The maximum absolute atomic E-state index is 12.9. The number of H-pyrrole nitrogens is 1. The van der Waals surface area contributed by atoms with Crippen molar-refractivity contribution in [2.45, 2.75) is 6.54 Å². The van der Waals surface area contributed by atoms with Crippen LogP contribution in [0.1, 0.15) is 11.3 Å². The number of aromatic nitrogens is 2. The number of nitrogens with one attached hydrogen (secondary N) is 2. The second-order valence-corrected chi connectivity index (χ2v) is 3.68. The van der Waals surface area contributed by atoms with Gasteiger partial charge in [0.25, 0.3) is 0 Å². The van der Waals surface area contributed by atoms with E-state index in [4.69, 9.17) is 0 Å². The zero-order valence-corrected chi connectivity index (χ0v) is 9.56. The van der Waals surface area contributed by atoms with Gasteiger partial charge in [0.2, 0.25) is 5.91 Å². The van der Waals surface area contributed by atoms with Gasteiger partial charge in [0.15, 0.2) is 0 Å². The first kappa shape index (κ1) is 12.0. The van der Waals surface area contributed by atoms with Crippen LogP contribution in [0.3, 0.4) is 0 Å². The molecule has 0 saturated heterocycles. The van der Waals surface area contributed by atoms with Crippen LogP contribution in [0.25, 0.3) is 6.08 Å². The van der Waals surface area contributed by atoms with E-state index in [1.165, 1.54) is 18.2 Å². The fraction of sp³-hybridized carbons (Fsp3) is 0.0769. The van der Waals surface area contributed by atoms with Crippen molar-refractivity contribution in [2.24, 2.45) is 0 Å². The summed E-state index contributed by atoms with van der Waals surface area (Å²) in [5.74, 6) is -0.566. The molecule has 1 aromatic heterocycles. The van der Waals surface area contributed by atoms with Crippen molar-refractivity contribution in [2.75, 3.05) is 0 Å². The van der Waals surface area contributed by atoms with E-state index in [-0.39, 0.29) is 11.7 Å². The van der Waals surface area contributed by atoms with E-state index in [2.05, 4.69) is 15.3 Å². The van der Waals surface area contributed by atoms with Gasteiger partial charge in [-0.05, 0) is 23.8 Å². The Morgan fingerprint density at radius 1 is 1.50 bits per heavy atom. The summed E-state index contributed by atoms with van der Waals surface area (Å²) < 4.78 is 12.9. The molecule has 18 heavy (non-hydrogen) atoms. The van der Waals surface area contributed by atoms with Crippen molar-refractivity contribution in [1.82, 2.24) is 15.3 Å². The van der Waals surface area contributed by atoms with Gasteiger partial charge >= 0.3 is 0 Å². The molecule has 0 bridgehead atoms. The smallest absolute Gasteiger partial charge is 0.244 e. The lowest BCUT2D eigenvalue weighted by Gasteiger charge is -1.99. The van der Waals surface area contributed by atoms with Gasteiger partial charge in [0.05, 0.1) is 18.6 Å². The molecule has 4 nitrogen and oxygen atoms in total. The molecule has 1 aromatic carbocycles. The molecule has 0 spiro atoms. The van der Waals surface area contributed by atoms with Crippen LogP contribution in [0.15, 0.2) is 42.9 Å². The highest BCUT2D eigenvalue weighted by atomic mass is 19.1. The molecule has 0 saturated carbocycles. The zero-order chi connectivity index (χ0) is 12.8. The second-order valence-electron chi connectivity index (χ2n) is 3.68. The van der Waals surface area contributed by atoms with Crippen LogP contribution in [0.5, 0.6) is 0 Å². The van der Waals surface area contributed by atoms with E-state index in [0.29, 0.717) is 12.1 Å². The Morgan fingerprint density at radius 2 is 2.39 bits per heavy atom. The molecular formula is C13H12FN3O. The van der Waals surface area contributed by atoms with Crippen LogP contribution >= 0.6 is 0 Å². The molecule has 1 amide bonds.